The van der Waals surface area contributed by atoms with Gasteiger partial charge in [0.05, 0.1) is 0 Å². The van der Waals surface area contributed by atoms with E-state index >= 15 is 0 Å². The highest BCUT2D eigenvalue weighted by molar-refractivity contribution is 5.33. The Balaban J connectivity index is 1.90. The molecule has 4 heteroatoms. The van der Waals surface area contributed by atoms with E-state index in [9.17, 15) is 9.50 Å². The zero-order valence-corrected chi connectivity index (χ0v) is 10.9. The molecular weight excluding hydrogens is 231 g/mol. The molecule has 0 atom stereocenters. The number of piperazine rings is 1. The van der Waals surface area contributed by atoms with Gasteiger partial charge >= 0.3 is 0 Å². The van der Waals surface area contributed by atoms with Gasteiger partial charge in [0.25, 0.3) is 0 Å². The molecule has 1 N–H and O–H groups in total. The van der Waals surface area contributed by atoms with Crippen molar-refractivity contribution in [2.24, 2.45) is 0 Å². The molecule has 0 spiro atoms. The Hall–Kier alpha value is -1.13. The number of benzene rings is 1. The molecule has 0 amide bonds. The molecule has 0 unspecified atom stereocenters. The van der Waals surface area contributed by atoms with Gasteiger partial charge in [0, 0.05) is 38.3 Å². The van der Waals surface area contributed by atoms with E-state index in [-0.39, 0.29) is 5.75 Å². The van der Waals surface area contributed by atoms with Crippen molar-refractivity contribution in [1.82, 2.24) is 9.80 Å². The SMILES string of the molecule is CCCN1CCN(Cc2cccc(F)c2O)CC1. The molecule has 1 heterocycles. The minimum absolute atomic E-state index is 0.200. The topological polar surface area (TPSA) is 26.7 Å². The Kier molecular flexibility index (Phi) is 4.55. The number of para-hydroxylation sites is 1. The largest absolute Gasteiger partial charge is 0.505 e. The van der Waals surface area contributed by atoms with E-state index in [1.54, 1.807) is 12.1 Å². The number of rotatable bonds is 4. The second-order valence-electron chi connectivity index (χ2n) is 4.87. The third kappa shape index (κ3) is 3.21. The maximum atomic E-state index is 13.2. The van der Waals surface area contributed by atoms with E-state index in [0.29, 0.717) is 12.1 Å². The van der Waals surface area contributed by atoms with Gasteiger partial charge in [-0.2, -0.15) is 0 Å². The van der Waals surface area contributed by atoms with Crippen LogP contribution in [0.25, 0.3) is 0 Å². The second kappa shape index (κ2) is 6.16. The van der Waals surface area contributed by atoms with Crippen molar-refractivity contribution in [3.63, 3.8) is 0 Å². The first-order chi connectivity index (χ1) is 8.70. The number of phenols is 1. The summed E-state index contributed by atoms with van der Waals surface area (Å²) in [5.74, 6) is -0.731. The van der Waals surface area contributed by atoms with Crippen LogP contribution in [0.5, 0.6) is 5.75 Å². The predicted octanol–water partition coefficient (Wildman–Crippen LogP) is 2.06. The van der Waals surface area contributed by atoms with Crippen molar-refractivity contribution >= 4 is 0 Å². The number of hydrogen-bond acceptors (Lipinski definition) is 3. The summed E-state index contributed by atoms with van der Waals surface area (Å²) < 4.78 is 13.2. The first-order valence-corrected chi connectivity index (χ1v) is 6.61. The maximum Gasteiger partial charge on any atom is 0.165 e. The Morgan fingerprint density at radius 2 is 1.83 bits per heavy atom. The van der Waals surface area contributed by atoms with Gasteiger partial charge in [-0.25, -0.2) is 4.39 Å². The summed E-state index contributed by atoms with van der Waals surface area (Å²) in [6.45, 7) is 8.06. The Morgan fingerprint density at radius 1 is 1.17 bits per heavy atom. The van der Waals surface area contributed by atoms with Gasteiger partial charge in [0.1, 0.15) is 0 Å². The molecule has 1 saturated heterocycles. The van der Waals surface area contributed by atoms with Crippen molar-refractivity contribution in [2.45, 2.75) is 19.9 Å². The summed E-state index contributed by atoms with van der Waals surface area (Å²) in [6, 6.07) is 4.73. The highest BCUT2D eigenvalue weighted by Crippen LogP contribution is 2.22. The monoisotopic (exact) mass is 252 g/mol. The van der Waals surface area contributed by atoms with E-state index < -0.39 is 5.82 Å². The molecule has 0 radical (unpaired) electrons. The van der Waals surface area contributed by atoms with E-state index in [1.807, 2.05) is 0 Å². The third-order valence-corrected chi connectivity index (χ3v) is 3.47. The van der Waals surface area contributed by atoms with Crippen molar-refractivity contribution in [2.75, 3.05) is 32.7 Å². The molecule has 1 aliphatic rings. The van der Waals surface area contributed by atoms with Crippen molar-refractivity contribution in [3.05, 3.63) is 29.6 Å². The van der Waals surface area contributed by atoms with Crippen LogP contribution in [0.3, 0.4) is 0 Å². The first kappa shape index (κ1) is 13.3. The molecule has 0 bridgehead atoms. The van der Waals surface area contributed by atoms with Crippen LogP contribution in [0.1, 0.15) is 18.9 Å². The summed E-state index contributed by atoms with van der Waals surface area (Å²) in [6.07, 6.45) is 1.19. The van der Waals surface area contributed by atoms with E-state index in [4.69, 9.17) is 0 Å². The zero-order valence-electron chi connectivity index (χ0n) is 10.9. The van der Waals surface area contributed by atoms with Gasteiger partial charge in [-0.05, 0) is 19.0 Å². The summed E-state index contributed by atoms with van der Waals surface area (Å²) >= 11 is 0. The van der Waals surface area contributed by atoms with Crippen LogP contribution in [-0.2, 0) is 6.54 Å². The summed E-state index contributed by atoms with van der Waals surface area (Å²) in [5.41, 5.74) is 0.680. The lowest BCUT2D eigenvalue weighted by Crippen LogP contribution is -2.45. The van der Waals surface area contributed by atoms with Gasteiger partial charge in [0.2, 0.25) is 0 Å². The van der Waals surface area contributed by atoms with E-state index in [1.165, 1.54) is 12.5 Å². The lowest BCUT2D eigenvalue weighted by Gasteiger charge is -2.34. The van der Waals surface area contributed by atoms with Crippen LogP contribution in [-0.4, -0.2) is 47.6 Å². The number of aromatic hydroxyl groups is 1. The summed E-state index contributed by atoms with van der Waals surface area (Å²) in [7, 11) is 0. The highest BCUT2D eigenvalue weighted by atomic mass is 19.1. The standard InChI is InChI=1S/C14H21FN2O/c1-2-6-16-7-9-17(10-8-16)11-12-4-3-5-13(15)14(12)18/h3-5,18H,2,6-11H2,1H3. The number of nitrogens with zero attached hydrogens (tertiary/aromatic N) is 2. The normalized spacial score (nSPS) is 18.1. The molecule has 3 nitrogen and oxygen atoms in total. The van der Waals surface area contributed by atoms with Crippen molar-refractivity contribution < 1.29 is 9.50 Å². The third-order valence-electron chi connectivity index (χ3n) is 3.47. The van der Waals surface area contributed by atoms with Crippen LogP contribution in [0, 0.1) is 5.82 Å². The van der Waals surface area contributed by atoms with Gasteiger partial charge in [-0.1, -0.05) is 19.1 Å². The molecule has 1 aliphatic heterocycles. The molecule has 0 aliphatic carbocycles. The summed E-state index contributed by atoms with van der Waals surface area (Å²) in [4.78, 5) is 4.71. The minimum Gasteiger partial charge on any atom is -0.505 e. The Bertz CT molecular complexity index is 389. The van der Waals surface area contributed by atoms with Gasteiger partial charge < -0.3 is 10.0 Å². The number of phenolic OH excluding ortho intramolecular Hbond substituents is 1. The molecule has 0 saturated carbocycles. The van der Waals surface area contributed by atoms with Gasteiger partial charge in [-0.3, -0.25) is 4.90 Å². The fourth-order valence-corrected chi connectivity index (χ4v) is 2.42. The fourth-order valence-electron chi connectivity index (χ4n) is 2.42. The second-order valence-corrected chi connectivity index (χ2v) is 4.87. The van der Waals surface area contributed by atoms with Crippen LogP contribution in [0.2, 0.25) is 0 Å². The van der Waals surface area contributed by atoms with Gasteiger partial charge in [0.15, 0.2) is 11.6 Å². The molecule has 1 aromatic rings. The Morgan fingerprint density at radius 3 is 2.50 bits per heavy atom. The molecule has 2 rings (SSSR count). The average Bonchev–Trinajstić information content (AvgIpc) is 2.38. The van der Waals surface area contributed by atoms with Crippen LogP contribution in [0.4, 0.5) is 4.39 Å². The molecule has 1 aromatic carbocycles. The zero-order chi connectivity index (χ0) is 13.0. The molecule has 1 fully saturated rings. The molecule has 100 valence electrons. The molecular formula is C14H21FN2O. The van der Waals surface area contributed by atoms with Crippen molar-refractivity contribution in [3.8, 4) is 5.75 Å². The smallest absolute Gasteiger partial charge is 0.165 e. The number of halogens is 1. The minimum atomic E-state index is -0.530. The average molecular weight is 252 g/mol. The molecule has 18 heavy (non-hydrogen) atoms. The maximum absolute atomic E-state index is 13.2. The lowest BCUT2D eigenvalue weighted by atomic mass is 10.1. The van der Waals surface area contributed by atoms with E-state index in [2.05, 4.69) is 16.7 Å². The van der Waals surface area contributed by atoms with Crippen LogP contribution in [0.15, 0.2) is 18.2 Å². The quantitative estimate of drug-likeness (QED) is 0.888. The number of hydrogen-bond donors (Lipinski definition) is 1. The first-order valence-electron chi connectivity index (χ1n) is 6.61. The van der Waals surface area contributed by atoms with E-state index in [0.717, 1.165) is 32.7 Å². The molecule has 0 aromatic heterocycles. The van der Waals surface area contributed by atoms with Crippen LogP contribution < -0.4 is 0 Å². The highest BCUT2D eigenvalue weighted by Gasteiger charge is 2.17. The van der Waals surface area contributed by atoms with Gasteiger partial charge in [-0.15, -0.1) is 0 Å². The predicted molar refractivity (Wildman–Crippen MR) is 70.1 cm³/mol. The fraction of sp³-hybridized carbons (Fsp3) is 0.571. The summed E-state index contributed by atoms with van der Waals surface area (Å²) in [5, 5.41) is 9.65. The van der Waals surface area contributed by atoms with Crippen molar-refractivity contribution in [1.29, 1.82) is 0 Å². The van der Waals surface area contributed by atoms with Crippen LogP contribution >= 0.6 is 0 Å². The Labute approximate surface area is 108 Å². The lowest BCUT2D eigenvalue weighted by molar-refractivity contribution is 0.126.